The maximum atomic E-state index is 14.3. The maximum Gasteiger partial charge on any atom is 0.223 e. The minimum Gasteiger partial charge on any atom is -0.494 e. The largest absolute Gasteiger partial charge is 0.494 e. The number of piperidine rings is 4. The molecule has 16 heterocycles. The van der Waals surface area contributed by atoms with Crippen LogP contribution in [0.5, 0.6) is 23.0 Å². The van der Waals surface area contributed by atoms with Gasteiger partial charge in [-0.1, -0.05) is 27.7 Å². The number of nitrogens with zero attached hydrogens (tertiary/aromatic N) is 28. The minimum atomic E-state index is -0.506. The Morgan fingerprint density at radius 3 is 0.679 bits per heavy atom. The quantitative estimate of drug-likeness (QED) is 0.0329. The van der Waals surface area contributed by atoms with Gasteiger partial charge in [0.15, 0.2) is 45.9 Å². The molecule has 4 fully saturated rings. The number of anilines is 8. The number of benzene rings is 4. The number of methoxy groups -OCH3 is 4. The first-order chi connectivity index (χ1) is 66.7. The predicted molar refractivity (Wildman–Crippen MR) is 525 cm³/mol. The Bertz CT molecular complexity index is 6440. The number of nitrogens with two attached hydrogens (primary N) is 4. The van der Waals surface area contributed by atoms with E-state index in [9.17, 15) is 38.0 Å². The Morgan fingerprint density at radius 2 is 0.500 bits per heavy atom. The molecule has 40 nitrogen and oxygen atoms in total. The van der Waals surface area contributed by atoms with Gasteiger partial charge in [0.2, 0.25) is 23.8 Å². The molecule has 140 heavy (non-hydrogen) atoms. The number of ether oxygens (including phenoxy) is 4. The van der Waals surface area contributed by atoms with Crippen LogP contribution in [0.2, 0.25) is 0 Å². The van der Waals surface area contributed by atoms with Gasteiger partial charge in [0.1, 0.15) is 68.3 Å². The van der Waals surface area contributed by atoms with Crippen molar-refractivity contribution in [2.24, 2.45) is 23.7 Å². The van der Waals surface area contributed by atoms with Gasteiger partial charge in [-0.15, -0.1) is 20.4 Å². The lowest BCUT2D eigenvalue weighted by atomic mass is 9.89. The van der Waals surface area contributed by atoms with Crippen molar-refractivity contribution in [2.75, 3.05) is 123 Å². The molecule has 4 aliphatic rings. The Hall–Kier alpha value is -13.9. The second-order valence-corrected chi connectivity index (χ2v) is 38.7. The van der Waals surface area contributed by atoms with Gasteiger partial charge in [-0.25, -0.2) is 57.4 Å². The fourth-order valence-corrected chi connectivity index (χ4v) is 20.4. The molecule has 0 spiro atoms. The molecular formula is C96H124F4N32O8. The smallest absolute Gasteiger partial charge is 0.223 e. The molecule has 0 aliphatic carbocycles. The van der Waals surface area contributed by atoms with Gasteiger partial charge in [0.05, 0.1) is 169 Å². The summed E-state index contributed by atoms with van der Waals surface area (Å²) in [7, 11) is 5.87. The first-order valence-electron chi connectivity index (χ1n) is 47.4. The van der Waals surface area contributed by atoms with Crippen LogP contribution in [0.3, 0.4) is 0 Å². The summed E-state index contributed by atoms with van der Waals surface area (Å²) in [4.78, 5) is 46.1. The first kappa shape index (κ1) is 97.8. The minimum absolute atomic E-state index is 0.0421. The molecular weight excluding hydrogens is 1810 g/mol. The summed E-state index contributed by atoms with van der Waals surface area (Å²) in [6.07, 6.45) is 9.08. The summed E-state index contributed by atoms with van der Waals surface area (Å²) in [6, 6.07) is 10.2. The zero-order valence-corrected chi connectivity index (χ0v) is 82.4. The maximum absolute atomic E-state index is 14.3. The van der Waals surface area contributed by atoms with Crippen molar-refractivity contribution in [3.05, 3.63) is 143 Å². The molecule has 4 aromatic carbocycles. The van der Waals surface area contributed by atoms with Gasteiger partial charge in [0.25, 0.3) is 0 Å². The third-order valence-corrected chi connectivity index (χ3v) is 28.1. The SMILES string of the molecule is COc1cc(F)cc2c1nc(N)n1nc([C@@H]3C[C@H](C)CN(c4cnn([C@@H](C)[C@H](C)O)c4C)C3)nc21.COc1cc(F)cc2c1nc(N)n1nc([C@@H]3C[C@H](C)CN(c4cnn([C@H](C)[C@@H](C)O)c4C)C3)nc21.COc1cc(F)cc2c1nc(N)n1nc([C@H]3C[C@@H](C)CN(c4cnn([C@@H](C)[C@H](C)O)c4C)C3)nc21.COc1cc(F)cc2c1nc(N)n1nc([C@H]3C[C@@H](C)CN(c4cnn([C@H](C)[C@@H](C)O)c4C)C3)nc21. The molecule has 4 saturated heterocycles. The number of aliphatic hydroxyl groups is 4. The molecule has 744 valence electrons. The van der Waals surface area contributed by atoms with E-state index in [2.05, 4.69) is 108 Å². The summed E-state index contributed by atoms with van der Waals surface area (Å²) in [5.41, 5.74) is 36.7. The van der Waals surface area contributed by atoms with Crippen LogP contribution in [0.25, 0.3) is 66.2 Å². The molecule has 0 amide bonds. The normalized spacial score (nSPS) is 20.5. The van der Waals surface area contributed by atoms with E-state index in [-0.39, 0.29) is 71.6 Å². The standard InChI is InChI=1S/4C24H31FN8O2/c4*1-12-6-16(11-31(10-12)19-9-27-32(14(19)3)13(2)15(4)34)22-29-23-18-7-17(25)8-20(35-5)21(18)28-24(26)33(23)30-22/h4*7-9,12-13,15-16,34H,6,10-11H2,1-5H3,(H2,26,28)/t2*12-,13+,15+,16+;2*12-,13-,15-,16+/m1010/s1. The van der Waals surface area contributed by atoms with Gasteiger partial charge in [-0.05, 0) is 157 Å². The van der Waals surface area contributed by atoms with Crippen LogP contribution in [0.4, 0.5) is 64.1 Å². The highest BCUT2D eigenvalue weighted by Crippen LogP contribution is 2.44. The lowest BCUT2D eigenvalue weighted by molar-refractivity contribution is 0.131. The number of aromatic nitrogens is 24. The third kappa shape index (κ3) is 18.6. The molecule has 4 aliphatic heterocycles. The van der Waals surface area contributed by atoms with Crippen molar-refractivity contribution < 1.29 is 56.9 Å². The van der Waals surface area contributed by atoms with E-state index >= 15 is 0 Å². The summed E-state index contributed by atoms with van der Waals surface area (Å²) in [5, 5.41) is 79.0. The number of nitrogen functional groups attached to an aromatic ring is 4. The Kier molecular flexibility index (Phi) is 27.3. The molecule has 0 radical (unpaired) electrons. The average molecular weight is 1930 g/mol. The highest BCUT2D eigenvalue weighted by Gasteiger charge is 2.39. The Morgan fingerprint density at radius 1 is 0.307 bits per heavy atom. The van der Waals surface area contributed by atoms with Crippen molar-refractivity contribution in [1.29, 1.82) is 0 Å². The topological polar surface area (TPSA) is 478 Å². The van der Waals surface area contributed by atoms with Crippen LogP contribution < -0.4 is 61.5 Å². The number of aliphatic hydroxyl groups excluding tert-OH is 4. The highest BCUT2D eigenvalue weighted by molar-refractivity contribution is 5.99. The van der Waals surface area contributed by atoms with Crippen LogP contribution in [0.15, 0.2) is 73.3 Å². The summed E-state index contributed by atoms with van der Waals surface area (Å²) < 4.78 is 91.8. The molecule has 0 unspecified atom stereocenters. The van der Waals surface area contributed by atoms with Crippen molar-refractivity contribution in [3.8, 4) is 23.0 Å². The number of halogens is 4. The molecule has 16 atom stereocenters. The van der Waals surface area contributed by atoms with Gasteiger partial charge in [0, 0.05) is 100 Å². The van der Waals surface area contributed by atoms with Crippen molar-refractivity contribution >= 4 is 113 Å². The van der Waals surface area contributed by atoms with Crippen LogP contribution >= 0.6 is 0 Å². The molecule has 0 saturated carbocycles. The first-order valence-corrected chi connectivity index (χ1v) is 47.4. The lowest BCUT2D eigenvalue weighted by Crippen LogP contribution is -2.39. The van der Waals surface area contributed by atoms with Crippen molar-refractivity contribution in [1.82, 2.24) is 117 Å². The summed E-state index contributed by atoms with van der Waals surface area (Å²) >= 11 is 0. The van der Waals surface area contributed by atoms with E-state index in [1.54, 1.807) is 27.7 Å². The van der Waals surface area contributed by atoms with E-state index in [0.29, 0.717) is 162 Å². The predicted octanol–water partition coefficient (Wildman–Crippen LogP) is 12.3. The summed E-state index contributed by atoms with van der Waals surface area (Å²) in [5.74, 6) is 4.43. The summed E-state index contributed by atoms with van der Waals surface area (Å²) in [6.45, 7) is 38.2. The zero-order valence-electron chi connectivity index (χ0n) is 82.4. The van der Waals surface area contributed by atoms with Crippen LogP contribution in [0.1, 0.15) is 203 Å². The van der Waals surface area contributed by atoms with E-state index in [1.807, 2.05) is 98.9 Å². The van der Waals surface area contributed by atoms with E-state index < -0.39 is 47.7 Å². The molecule has 0 bridgehead atoms. The van der Waals surface area contributed by atoms with E-state index in [0.717, 1.165) is 97.4 Å². The number of fused-ring (bicyclic) bond motifs is 12. The molecule has 44 heteroatoms. The van der Waals surface area contributed by atoms with Gasteiger partial charge in [-0.3, -0.25) is 18.7 Å². The molecule has 16 aromatic rings. The Labute approximate surface area is 804 Å². The fourth-order valence-electron chi connectivity index (χ4n) is 20.4. The second-order valence-electron chi connectivity index (χ2n) is 38.7. The second kappa shape index (κ2) is 39.1. The average Bonchev–Trinajstić information content (AvgIpc) is 1.54. The van der Waals surface area contributed by atoms with E-state index in [1.165, 1.54) is 95.0 Å². The van der Waals surface area contributed by atoms with Crippen molar-refractivity contribution in [2.45, 2.75) is 209 Å². The van der Waals surface area contributed by atoms with Gasteiger partial charge < -0.3 is 81.9 Å². The number of hydrogen-bond donors (Lipinski definition) is 8. The number of rotatable bonds is 20. The van der Waals surface area contributed by atoms with Crippen LogP contribution in [-0.4, -0.2) is 243 Å². The number of hydrogen-bond acceptors (Lipinski definition) is 32. The van der Waals surface area contributed by atoms with E-state index in [4.69, 9.17) is 61.8 Å². The van der Waals surface area contributed by atoms with Crippen molar-refractivity contribution in [3.63, 3.8) is 0 Å². The zero-order chi connectivity index (χ0) is 100. The Balaban J connectivity index is 0.000000129. The third-order valence-electron chi connectivity index (χ3n) is 28.1. The van der Waals surface area contributed by atoms with Crippen LogP contribution in [-0.2, 0) is 0 Å². The van der Waals surface area contributed by atoms with Gasteiger partial charge in [-0.2, -0.15) is 38.5 Å². The molecule has 20 rings (SSSR count). The van der Waals surface area contributed by atoms with Gasteiger partial charge >= 0.3 is 0 Å². The van der Waals surface area contributed by atoms with Crippen LogP contribution in [0, 0.1) is 74.6 Å². The lowest BCUT2D eigenvalue weighted by Gasteiger charge is -2.36. The monoisotopic (exact) mass is 1930 g/mol. The fraction of sp³-hybridized carbons (Fsp3) is 0.500. The highest BCUT2D eigenvalue weighted by atomic mass is 19.1. The molecule has 12 aromatic heterocycles. The molecule has 12 N–H and O–H groups in total.